The molecule has 0 spiro atoms. The van der Waals surface area contributed by atoms with E-state index < -0.39 is 0 Å². The van der Waals surface area contributed by atoms with E-state index >= 15 is 0 Å². The zero-order chi connectivity index (χ0) is 19.3. The summed E-state index contributed by atoms with van der Waals surface area (Å²) in [5, 5.41) is 0. The maximum Gasteiger partial charge on any atom is 0.264 e. The van der Waals surface area contributed by atoms with Crippen molar-refractivity contribution in [1.82, 2.24) is 4.98 Å². The number of carbonyl (C=O) groups is 1. The van der Waals surface area contributed by atoms with Gasteiger partial charge in [-0.3, -0.25) is 4.79 Å². The van der Waals surface area contributed by atoms with Gasteiger partial charge in [-0.05, 0) is 61.2 Å². The van der Waals surface area contributed by atoms with Gasteiger partial charge in [0.15, 0.2) is 6.61 Å². The second kappa shape index (κ2) is 8.13. The van der Waals surface area contributed by atoms with Crippen LogP contribution in [0.1, 0.15) is 17.5 Å². The van der Waals surface area contributed by atoms with Crippen molar-refractivity contribution < 1.29 is 14.3 Å². The third-order valence-electron chi connectivity index (χ3n) is 4.77. The molecule has 28 heavy (non-hydrogen) atoms. The number of aryl methyl sites for hydroxylation is 2. The molecule has 0 fully saturated rings. The number of aromatic nitrogens is 1. The van der Waals surface area contributed by atoms with E-state index in [1.165, 1.54) is 5.56 Å². The van der Waals surface area contributed by atoms with Gasteiger partial charge in [-0.25, -0.2) is 4.98 Å². The largest absolute Gasteiger partial charge is 0.484 e. The van der Waals surface area contributed by atoms with Crippen LogP contribution in [0.2, 0.25) is 0 Å². The maximum absolute atomic E-state index is 12.8. The van der Waals surface area contributed by atoms with Gasteiger partial charge in [0.1, 0.15) is 11.5 Å². The standard InChI is InChI=1S/C23H22N2O3/c1-17-6-4-7-18-8-5-15-25(23(17)18)22(26)16-27-19-10-12-20(13-11-19)28-21-9-2-3-14-24-21/h2-4,6-7,9-14H,5,8,15-16H2,1H3. The summed E-state index contributed by atoms with van der Waals surface area (Å²) in [5.74, 6) is 1.80. The minimum atomic E-state index is -0.0240. The van der Waals surface area contributed by atoms with E-state index in [1.807, 2.05) is 36.1 Å². The number of ether oxygens (including phenoxy) is 2. The number of amides is 1. The highest BCUT2D eigenvalue weighted by molar-refractivity contribution is 5.96. The zero-order valence-corrected chi connectivity index (χ0v) is 15.8. The Morgan fingerprint density at radius 1 is 1.04 bits per heavy atom. The molecule has 2 heterocycles. The van der Waals surface area contributed by atoms with E-state index in [0.29, 0.717) is 17.4 Å². The van der Waals surface area contributed by atoms with Crippen molar-refractivity contribution in [2.45, 2.75) is 19.8 Å². The highest BCUT2D eigenvalue weighted by atomic mass is 16.5. The fraction of sp³-hybridized carbons (Fsp3) is 0.217. The average molecular weight is 374 g/mol. The number of nitrogens with zero attached hydrogens (tertiary/aromatic N) is 2. The second-order valence-corrected chi connectivity index (χ2v) is 6.76. The first-order chi connectivity index (χ1) is 13.7. The van der Waals surface area contributed by atoms with Crippen LogP contribution in [0.5, 0.6) is 17.4 Å². The minimum Gasteiger partial charge on any atom is -0.484 e. The summed E-state index contributed by atoms with van der Waals surface area (Å²) in [6, 6.07) is 18.9. The molecular weight excluding hydrogens is 352 g/mol. The van der Waals surface area contributed by atoms with E-state index in [2.05, 4.69) is 11.1 Å². The lowest BCUT2D eigenvalue weighted by molar-refractivity contribution is -0.120. The number of para-hydroxylation sites is 1. The molecule has 0 bridgehead atoms. The molecule has 2 aromatic carbocycles. The number of rotatable bonds is 5. The number of benzene rings is 2. The lowest BCUT2D eigenvalue weighted by Crippen LogP contribution is -2.39. The Morgan fingerprint density at radius 2 is 1.86 bits per heavy atom. The quantitative estimate of drug-likeness (QED) is 0.658. The molecular formula is C23H22N2O3. The van der Waals surface area contributed by atoms with Crippen LogP contribution < -0.4 is 14.4 Å². The van der Waals surface area contributed by atoms with Crippen LogP contribution in [0, 0.1) is 6.92 Å². The smallest absolute Gasteiger partial charge is 0.264 e. The number of carbonyl (C=O) groups excluding carboxylic acids is 1. The monoisotopic (exact) mass is 374 g/mol. The number of pyridine rings is 1. The molecule has 0 saturated heterocycles. The van der Waals surface area contributed by atoms with Crippen LogP contribution in [0.3, 0.4) is 0 Å². The van der Waals surface area contributed by atoms with Crippen LogP contribution in [-0.2, 0) is 11.2 Å². The Labute approximate surface area is 164 Å². The molecule has 1 aliphatic heterocycles. The van der Waals surface area contributed by atoms with Crippen LogP contribution in [0.4, 0.5) is 5.69 Å². The molecule has 142 valence electrons. The molecule has 3 aromatic rings. The van der Waals surface area contributed by atoms with Crippen molar-refractivity contribution >= 4 is 11.6 Å². The SMILES string of the molecule is Cc1cccc2c1N(C(=O)COc1ccc(Oc3ccccn3)cc1)CCC2. The lowest BCUT2D eigenvalue weighted by atomic mass is 9.98. The summed E-state index contributed by atoms with van der Waals surface area (Å²) in [6.07, 6.45) is 3.67. The Bertz CT molecular complexity index is 955. The number of hydrogen-bond donors (Lipinski definition) is 0. The molecule has 1 amide bonds. The molecule has 1 aliphatic rings. The Balaban J connectivity index is 1.38. The van der Waals surface area contributed by atoms with Gasteiger partial charge in [-0.1, -0.05) is 24.3 Å². The fourth-order valence-electron chi connectivity index (χ4n) is 3.45. The van der Waals surface area contributed by atoms with E-state index in [9.17, 15) is 4.79 Å². The summed E-state index contributed by atoms with van der Waals surface area (Å²) in [4.78, 5) is 18.7. The third-order valence-corrected chi connectivity index (χ3v) is 4.77. The van der Waals surface area contributed by atoms with Crippen LogP contribution >= 0.6 is 0 Å². The van der Waals surface area contributed by atoms with Gasteiger partial charge in [0.2, 0.25) is 5.88 Å². The van der Waals surface area contributed by atoms with E-state index in [-0.39, 0.29) is 12.5 Å². The van der Waals surface area contributed by atoms with Gasteiger partial charge >= 0.3 is 0 Å². The minimum absolute atomic E-state index is 0.00815. The molecule has 0 radical (unpaired) electrons. The van der Waals surface area contributed by atoms with E-state index in [0.717, 1.165) is 30.6 Å². The first-order valence-electron chi connectivity index (χ1n) is 9.41. The van der Waals surface area contributed by atoms with Crippen molar-refractivity contribution in [2.75, 3.05) is 18.1 Å². The Kier molecular flexibility index (Phi) is 5.24. The molecule has 0 atom stereocenters. The number of fused-ring (bicyclic) bond motifs is 1. The molecule has 4 rings (SSSR count). The van der Waals surface area contributed by atoms with Gasteiger partial charge < -0.3 is 14.4 Å². The summed E-state index contributed by atoms with van der Waals surface area (Å²) < 4.78 is 11.4. The predicted molar refractivity (Wildman–Crippen MR) is 108 cm³/mol. The molecule has 0 aliphatic carbocycles. The van der Waals surface area contributed by atoms with Crippen molar-refractivity contribution in [3.63, 3.8) is 0 Å². The van der Waals surface area contributed by atoms with Crippen molar-refractivity contribution in [3.05, 3.63) is 78.0 Å². The molecule has 1 aromatic heterocycles. The van der Waals surface area contributed by atoms with E-state index in [4.69, 9.17) is 9.47 Å². The summed E-state index contributed by atoms with van der Waals surface area (Å²) in [6.45, 7) is 2.79. The van der Waals surface area contributed by atoms with Gasteiger partial charge in [0, 0.05) is 24.5 Å². The van der Waals surface area contributed by atoms with Gasteiger partial charge in [-0.15, -0.1) is 0 Å². The van der Waals surface area contributed by atoms with Crippen molar-refractivity contribution in [3.8, 4) is 17.4 Å². The topological polar surface area (TPSA) is 51.7 Å². The van der Waals surface area contributed by atoms with Crippen molar-refractivity contribution in [2.24, 2.45) is 0 Å². The van der Waals surface area contributed by atoms with Crippen molar-refractivity contribution in [1.29, 1.82) is 0 Å². The predicted octanol–water partition coefficient (Wildman–Crippen LogP) is 4.54. The Hall–Kier alpha value is -3.34. The second-order valence-electron chi connectivity index (χ2n) is 6.76. The van der Waals surface area contributed by atoms with Gasteiger partial charge in [0.05, 0.1) is 0 Å². The number of anilines is 1. The molecule has 0 saturated carbocycles. The maximum atomic E-state index is 12.8. The molecule has 5 nitrogen and oxygen atoms in total. The third kappa shape index (κ3) is 3.98. The first-order valence-corrected chi connectivity index (χ1v) is 9.41. The fourth-order valence-corrected chi connectivity index (χ4v) is 3.45. The van der Waals surface area contributed by atoms with Crippen LogP contribution in [0.15, 0.2) is 66.9 Å². The normalized spacial score (nSPS) is 13.0. The number of hydrogen-bond acceptors (Lipinski definition) is 4. The molecule has 0 unspecified atom stereocenters. The van der Waals surface area contributed by atoms with Crippen LogP contribution in [-0.4, -0.2) is 24.0 Å². The zero-order valence-electron chi connectivity index (χ0n) is 15.8. The van der Waals surface area contributed by atoms with E-state index in [1.54, 1.807) is 36.5 Å². The summed E-state index contributed by atoms with van der Waals surface area (Å²) in [5.41, 5.74) is 3.40. The average Bonchev–Trinajstić information content (AvgIpc) is 2.73. The molecule has 5 heteroatoms. The highest BCUT2D eigenvalue weighted by Crippen LogP contribution is 2.30. The summed E-state index contributed by atoms with van der Waals surface area (Å²) >= 11 is 0. The summed E-state index contributed by atoms with van der Waals surface area (Å²) in [7, 11) is 0. The highest BCUT2D eigenvalue weighted by Gasteiger charge is 2.24. The Morgan fingerprint density at radius 3 is 2.64 bits per heavy atom. The first kappa shape index (κ1) is 18.0. The molecule has 0 N–H and O–H groups in total. The van der Waals surface area contributed by atoms with Gasteiger partial charge in [-0.2, -0.15) is 0 Å². The van der Waals surface area contributed by atoms with Crippen LogP contribution in [0.25, 0.3) is 0 Å². The van der Waals surface area contributed by atoms with Gasteiger partial charge in [0.25, 0.3) is 5.91 Å². The lowest BCUT2D eigenvalue weighted by Gasteiger charge is -2.31.